The second-order valence-corrected chi connectivity index (χ2v) is 6.98. The molecule has 0 aliphatic heterocycles. The summed E-state index contributed by atoms with van der Waals surface area (Å²) >= 11 is 0. The molecule has 0 amide bonds. The van der Waals surface area contributed by atoms with Crippen LogP contribution in [0, 0.1) is 0 Å². The van der Waals surface area contributed by atoms with Gasteiger partial charge < -0.3 is 4.98 Å². The number of benzene rings is 1. The fourth-order valence-electron chi connectivity index (χ4n) is 2.96. The lowest BCUT2D eigenvalue weighted by molar-refractivity contribution is -0.113. The Balaban J connectivity index is 2.08. The zero-order chi connectivity index (χ0) is 19.3. The molecule has 1 aromatic carbocycles. The van der Waals surface area contributed by atoms with Crippen molar-refractivity contribution >= 4 is 23.1 Å². The maximum Gasteiger partial charge on any atom is 0.185 e. The van der Waals surface area contributed by atoms with Crippen LogP contribution in [0.3, 0.4) is 0 Å². The first kappa shape index (κ1) is 19.8. The summed E-state index contributed by atoms with van der Waals surface area (Å²) in [6.07, 6.45) is 4.05. The molecule has 4 heteroatoms. The molecule has 0 aliphatic rings. The number of rotatable bonds is 8. The molecular weight excluding hydrogens is 324 g/mol. The van der Waals surface area contributed by atoms with Gasteiger partial charge in [0.15, 0.2) is 5.78 Å². The van der Waals surface area contributed by atoms with Crippen LogP contribution in [0.2, 0.25) is 0 Å². The molecule has 1 heterocycles. The summed E-state index contributed by atoms with van der Waals surface area (Å²) in [5, 5.41) is 0. The normalized spacial score (nSPS) is 12.0. The number of carbonyl (C=O) groups is 2. The Labute approximate surface area is 155 Å². The zero-order valence-electron chi connectivity index (χ0n) is 16.4. The van der Waals surface area contributed by atoms with Crippen molar-refractivity contribution in [3.05, 3.63) is 51.9 Å². The molecule has 0 saturated heterocycles. The van der Waals surface area contributed by atoms with Gasteiger partial charge in [-0.15, -0.1) is 0 Å². The van der Waals surface area contributed by atoms with Gasteiger partial charge in [-0.05, 0) is 75.8 Å². The predicted molar refractivity (Wildman–Crippen MR) is 106 cm³/mol. The van der Waals surface area contributed by atoms with Crippen molar-refractivity contribution in [1.82, 2.24) is 9.97 Å². The van der Waals surface area contributed by atoms with E-state index in [0.29, 0.717) is 17.6 Å². The number of hydrogen-bond donors (Lipinski definition) is 1. The summed E-state index contributed by atoms with van der Waals surface area (Å²) < 4.78 is 0. The molecule has 0 fully saturated rings. The Bertz CT molecular complexity index is 881. The van der Waals surface area contributed by atoms with Crippen LogP contribution in [0.4, 0.5) is 0 Å². The molecule has 0 bridgehead atoms. The quantitative estimate of drug-likeness (QED) is 0.543. The molecule has 0 unspecified atom stereocenters. The number of aromatic amines is 1. The molecule has 4 nitrogen and oxygen atoms in total. The number of nitrogens with one attached hydrogen (secondary N) is 1. The van der Waals surface area contributed by atoms with Gasteiger partial charge in [0.25, 0.3) is 0 Å². The van der Waals surface area contributed by atoms with E-state index in [-0.39, 0.29) is 5.78 Å². The second kappa shape index (κ2) is 8.75. The highest BCUT2D eigenvalue weighted by Gasteiger charge is 2.15. The first-order valence-corrected chi connectivity index (χ1v) is 9.18. The van der Waals surface area contributed by atoms with E-state index >= 15 is 0 Å². The predicted octanol–water partition coefficient (Wildman–Crippen LogP) is 4.89. The molecule has 138 valence electrons. The minimum absolute atomic E-state index is 0.0215. The lowest BCUT2D eigenvalue weighted by Crippen LogP contribution is -2.09. The first-order chi connectivity index (χ1) is 12.4. The van der Waals surface area contributed by atoms with Crippen molar-refractivity contribution in [3.63, 3.8) is 0 Å². The van der Waals surface area contributed by atoms with Crippen LogP contribution in [0.5, 0.6) is 0 Å². The van der Waals surface area contributed by atoms with Crippen LogP contribution in [-0.2, 0) is 22.4 Å². The number of ketones is 1. The van der Waals surface area contributed by atoms with Crippen molar-refractivity contribution in [2.45, 2.75) is 60.3 Å². The average Bonchev–Trinajstić information content (AvgIpc) is 3.04. The Morgan fingerprint density at radius 2 is 1.92 bits per heavy atom. The molecule has 0 radical (unpaired) electrons. The van der Waals surface area contributed by atoms with Gasteiger partial charge in [0.05, 0.1) is 11.0 Å². The number of aromatic nitrogens is 2. The SMILES string of the molecule is CCc1ccc2nc(CCCC(C(=O)/C(C)=C(/C)C=O)=C(C)C)[nH]c2c1. The van der Waals surface area contributed by atoms with E-state index in [0.717, 1.165) is 53.6 Å². The Kier molecular flexibility index (Phi) is 6.67. The number of hydrogen-bond acceptors (Lipinski definition) is 3. The highest BCUT2D eigenvalue weighted by Crippen LogP contribution is 2.20. The standard InChI is InChI=1S/C22H28N2O2/c1-6-17-10-11-19-20(12-17)24-21(23-19)9-7-8-18(14(2)3)22(26)16(5)15(4)13-25/h10-13H,6-9H2,1-5H3,(H,23,24)/b16-15-. The smallest absolute Gasteiger partial charge is 0.185 e. The van der Waals surface area contributed by atoms with Gasteiger partial charge in [-0.2, -0.15) is 0 Å². The van der Waals surface area contributed by atoms with Crippen LogP contribution >= 0.6 is 0 Å². The summed E-state index contributed by atoms with van der Waals surface area (Å²) in [4.78, 5) is 31.6. The van der Waals surface area contributed by atoms with Gasteiger partial charge in [-0.25, -0.2) is 4.98 Å². The third kappa shape index (κ3) is 4.57. The Morgan fingerprint density at radius 1 is 1.19 bits per heavy atom. The molecule has 2 rings (SSSR count). The highest BCUT2D eigenvalue weighted by atomic mass is 16.1. The molecule has 26 heavy (non-hydrogen) atoms. The summed E-state index contributed by atoms with van der Waals surface area (Å²) in [5.41, 5.74) is 6.18. The molecular formula is C22H28N2O2. The monoisotopic (exact) mass is 352 g/mol. The fraction of sp³-hybridized carbons (Fsp3) is 0.409. The van der Waals surface area contributed by atoms with E-state index in [9.17, 15) is 9.59 Å². The Hall–Kier alpha value is -2.49. The summed E-state index contributed by atoms with van der Waals surface area (Å²) in [5.74, 6) is 0.928. The molecule has 1 N–H and O–H groups in total. The lowest BCUT2D eigenvalue weighted by atomic mass is 9.94. The number of Topliss-reactive ketones (excluding diaryl/α,β-unsaturated/α-hetero) is 1. The largest absolute Gasteiger partial charge is 0.342 e. The number of fused-ring (bicyclic) bond motifs is 1. The first-order valence-electron chi connectivity index (χ1n) is 9.18. The maximum atomic E-state index is 12.6. The molecule has 0 atom stereocenters. The molecule has 1 aromatic heterocycles. The van der Waals surface area contributed by atoms with Gasteiger partial charge in [0.2, 0.25) is 0 Å². The number of carbonyl (C=O) groups excluding carboxylic acids is 2. The fourth-order valence-corrected chi connectivity index (χ4v) is 2.96. The van der Waals surface area contributed by atoms with E-state index in [1.807, 2.05) is 13.8 Å². The summed E-state index contributed by atoms with van der Waals surface area (Å²) in [7, 11) is 0. The van der Waals surface area contributed by atoms with Gasteiger partial charge >= 0.3 is 0 Å². The molecule has 2 aromatic rings. The zero-order valence-corrected chi connectivity index (χ0v) is 16.4. The van der Waals surface area contributed by atoms with Crippen molar-refractivity contribution < 1.29 is 9.59 Å². The van der Waals surface area contributed by atoms with Gasteiger partial charge in [-0.1, -0.05) is 18.6 Å². The topological polar surface area (TPSA) is 62.8 Å². The molecule has 0 saturated carbocycles. The van der Waals surface area contributed by atoms with E-state index in [2.05, 4.69) is 35.1 Å². The molecule has 0 aliphatic carbocycles. The second-order valence-electron chi connectivity index (χ2n) is 6.98. The third-order valence-corrected chi connectivity index (χ3v) is 4.83. The molecule has 0 spiro atoms. The minimum atomic E-state index is -0.0215. The Morgan fingerprint density at radius 3 is 2.54 bits per heavy atom. The van der Waals surface area contributed by atoms with Crippen molar-refractivity contribution in [3.8, 4) is 0 Å². The highest BCUT2D eigenvalue weighted by molar-refractivity contribution is 6.10. The van der Waals surface area contributed by atoms with Gasteiger partial charge in [-0.3, -0.25) is 9.59 Å². The average molecular weight is 352 g/mol. The summed E-state index contributed by atoms with van der Waals surface area (Å²) in [6, 6.07) is 6.31. The number of imidazole rings is 1. The number of allylic oxidation sites excluding steroid dienone is 4. The lowest BCUT2D eigenvalue weighted by Gasteiger charge is -2.10. The van der Waals surface area contributed by atoms with Crippen molar-refractivity contribution in [1.29, 1.82) is 0 Å². The number of nitrogens with zero attached hydrogens (tertiary/aromatic N) is 1. The van der Waals surface area contributed by atoms with Gasteiger partial charge in [0, 0.05) is 12.0 Å². The van der Waals surface area contributed by atoms with E-state index < -0.39 is 0 Å². The van der Waals surface area contributed by atoms with E-state index in [4.69, 9.17) is 0 Å². The van der Waals surface area contributed by atoms with Crippen LogP contribution in [0.25, 0.3) is 11.0 Å². The van der Waals surface area contributed by atoms with Crippen LogP contribution in [-0.4, -0.2) is 22.0 Å². The van der Waals surface area contributed by atoms with Crippen LogP contribution in [0.15, 0.2) is 40.5 Å². The number of H-pyrrole nitrogens is 1. The maximum absolute atomic E-state index is 12.6. The number of aryl methyl sites for hydroxylation is 2. The van der Waals surface area contributed by atoms with Crippen molar-refractivity contribution in [2.75, 3.05) is 0 Å². The van der Waals surface area contributed by atoms with E-state index in [1.165, 1.54) is 5.56 Å². The number of aldehydes is 1. The third-order valence-electron chi connectivity index (χ3n) is 4.83. The van der Waals surface area contributed by atoms with Crippen molar-refractivity contribution in [2.24, 2.45) is 0 Å². The summed E-state index contributed by atoms with van der Waals surface area (Å²) in [6.45, 7) is 9.44. The van der Waals surface area contributed by atoms with Crippen LogP contribution in [0.1, 0.15) is 58.8 Å². The van der Waals surface area contributed by atoms with Crippen LogP contribution < -0.4 is 0 Å². The van der Waals surface area contributed by atoms with Gasteiger partial charge in [0.1, 0.15) is 12.1 Å². The van der Waals surface area contributed by atoms with E-state index in [1.54, 1.807) is 13.8 Å². The minimum Gasteiger partial charge on any atom is -0.342 e.